The van der Waals surface area contributed by atoms with Gasteiger partial charge in [0.2, 0.25) is 5.91 Å². The van der Waals surface area contributed by atoms with Gasteiger partial charge in [0.1, 0.15) is 16.5 Å². The molecule has 0 unspecified atom stereocenters. The molecule has 0 radical (unpaired) electrons. The number of rotatable bonds is 6. The minimum atomic E-state index is 0. The number of amides is 1. The first-order valence-corrected chi connectivity index (χ1v) is 10.3. The van der Waals surface area contributed by atoms with Crippen molar-refractivity contribution in [1.82, 2.24) is 15.3 Å². The maximum absolute atomic E-state index is 11.0. The number of aromatic nitrogens is 2. The van der Waals surface area contributed by atoms with E-state index in [0.29, 0.717) is 18.9 Å². The van der Waals surface area contributed by atoms with Crippen LogP contribution in [0.4, 0.5) is 5.82 Å². The van der Waals surface area contributed by atoms with Gasteiger partial charge in [-0.25, -0.2) is 9.97 Å². The summed E-state index contributed by atoms with van der Waals surface area (Å²) >= 11 is 1.75. The first-order valence-electron chi connectivity index (χ1n) is 9.45. The predicted molar refractivity (Wildman–Crippen MR) is 122 cm³/mol. The second kappa shape index (κ2) is 11.1. The van der Waals surface area contributed by atoms with Crippen LogP contribution in [0, 0.1) is 19.8 Å². The molecule has 158 valence electrons. The minimum absolute atomic E-state index is 0. The number of piperidine rings is 1. The van der Waals surface area contributed by atoms with Crippen LogP contribution < -0.4 is 16.0 Å². The molecular formula is C19H31Cl2N5OS. The third-order valence-electron chi connectivity index (χ3n) is 5.26. The van der Waals surface area contributed by atoms with Crippen molar-refractivity contribution in [2.45, 2.75) is 46.5 Å². The molecule has 1 aliphatic heterocycles. The maximum atomic E-state index is 11.0. The summed E-state index contributed by atoms with van der Waals surface area (Å²) in [6.07, 6.45) is 4.05. The fraction of sp³-hybridized carbons (Fsp3) is 0.632. The van der Waals surface area contributed by atoms with E-state index in [1.54, 1.807) is 18.3 Å². The van der Waals surface area contributed by atoms with Gasteiger partial charge in [-0.15, -0.1) is 36.2 Å². The Kier molecular flexibility index (Phi) is 9.90. The summed E-state index contributed by atoms with van der Waals surface area (Å²) < 4.78 is 0. The van der Waals surface area contributed by atoms with Crippen molar-refractivity contribution in [3.05, 3.63) is 16.3 Å². The number of hydrogen-bond acceptors (Lipinski definition) is 6. The quantitative estimate of drug-likeness (QED) is 0.708. The van der Waals surface area contributed by atoms with Crippen molar-refractivity contribution >= 4 is 58.1 Å². The number of fused-ring (bicyclic) bond motifs is 1. The molecule has 6 nitrogen and oxygen atoms in total. The fourth-order valence-corrected chi connectivity index (χ4v) is 4.67. The van der Waals surface area contributed by atoms with Gasteiger partial charge in [-0.05, 0) is 51.1 Å². The fourth-order valence-electron chi connectivity index (χ4n) is 3.63. The highest BCUT2D eigenvalue weighted by atomic mass is 35.5. The third kappa shape index (κ3) is 5.69. The molecular weight excluding hydrogens is 417 g/mol. The Morgan fingerprint density at radius 1 is 1.25 bits per heavy atom. The largest absolute Gasteiger partial charge is 0.356 e. The molecule has 0 spiro atoms. The summed E-state index contributed by atoms with van der Waals surface area (Å²) in [6, 6.07) is 0. The van der Waals surface area contributed by atoms with Crippen LogP contribution in [0.1, 0.15) is 42.5 Å². The molecule has 3 N–H and O–H groups in total. The van der Waals surface area contributed by atoms with Crippen LogP contribution in [-0.2, 0) is 11.2 Å². The molecule has 28 heavy (non-hydrogen) atoms. The van der Waals surface area contributed by atoms with Gasteiger partial charge >= 0.3 is 0 Å². The number of anilines is 1. The lowest BCUT2D eigenvalue weighted by Gasteiger charge is -2.33. The standard InChI is InChI=1S/C19H29N5OS.2ClH/c1-12-13(2)26-19-17(12)18(22-16(23-19)4-8-20)24-10-6-15(7-11-24)5-9-21-14(3)25;;/h15H,4-11,20H2,1-3H3,(H,21,25);2*1H. The molecule has 3 rings (SSSR count). The van der Waals surface area contributed by atoms with E-state index in [9.17, 15) is 4.79 Å². The first-order chi connectivity index (χ1) is 12.5. The zero-order chi connectivity index (χ0) is 18.7. The molecule has 0 atom stereocenters. The van der Waals surface area contributed by atoms with E-state index in [-0.39, 0.29) is 30.7 Å². The number of nitrogens with two attached hydrogens (primary N) is 1. The molecule has 2 aromatic rings. The number of nitrogens with zero attached hydrogens (tertiary/aromatic N) is 3. The Balaban J connectivity index is 0.00000196. The molecule has 2 aromatic heterocycles. The SMILES string of the molecule is CC(=O)NCCC1CCN(c2nc(CCN)nc3sc(C)c(C)c23)CC1.Cl.Cl. The molecule has 1 aliphatic rings. The topological polar surface area (TPSA) is 84.1 Å². The van der Waals surface area contributed by atoms with Crippen LogP contribution in [0.15, 0.2) is 0 Å². The summed E-state index contributed by atoms with van der Waals surface area (Å²) in [6.45, 7) is 9.26. The number of nitrogens with one attached hydrogen (secondary N) is 1. The van der Waals surface area contributed by atoms with Gasteiger partial charge in [0, 0.05) is 37.9 Å². The van der Waals surface area contributed by atoms with Gasteiger partial charge < -0.3 is 16.0 Å². The van der Waals surface area contributed by atoms with Crippen LogP contribution in [0.2, 0.25) is 0 Å². The van der Waals surface area contributed by atoms with Crippen LogP contribution >= 0.6 is 36.2 Å². The van der Waals surface area contributed by atoms with Gasteiger partial charge in [-0.1, -0.05) is 0 Å². The number of aryl methyl sites for hydroxylation is 2. The van der Waals surface area contributed by atoms with Gasteiger partial charge in [-0.3, -0.25) is 4.79 Å². The Morgan fingerprint density at radius 2 is 1.93 bits per heavy atom. The first kappa shape index (κ1) is 24.9. The maximum Gasteiger partial charge on any atom is 0.216 e. The number of thiophene rings is 1. The molecule has 9 heteroatoms. The number of halogens is 2. The third-order valence-corrected chi connectivity index (χ3v) is 6.37. The molecule has 0 aliphatic carbocycles. The molecule has 0 aromatic carbocycles. The smallest absolute Gasteiger partial charge is 0.216 e. The lowest BCUT2D eigenvalue weighted by Crippen LogP contribution is -2.36. The van der Waals surface area contributed by atoms with Crippen molar-refractivity contribution < 1.29 is 4.79 Å². The average molecular weight is 448 g/mol. The number of hydrogen-bond donors (Lipinski definition) is 2. The molecule has 0 saturated carbocycles. The lowest BCUT2D eigenvalue weighted by atomic mass is 9.93. The Morgan fingerprint density at radius 3 is 2.54 bits per heavy atom. The van der Waals surface area contributed by atoms with Gasteiger partial charge in [0.15, 0.2) is 0 Å². The van der Waals surface area contributed by atoms with Crippen molar-refractivity contribution in [2.24, 2.45) is 11.7 Å². The zero-order valence-corrected chi connectivity index (χ0v) is 19.2. The predicted octanol–water partition coefficient (Wildman–Crippen LogP) is 3.40. The van der Waals surface area contributed by atoms with E-state index in [1.165, 1.54) is 15.8 Å². The highest BCUT2D eigenvalue weighted by Gasteiger charge is 2.24. The van der Waals surface area contributed by atoms with Gasteiger partial charge in [-0.2, -0.15) is 0 Å². The van der Waals surface area contributed by atoms with Gasteiger partial charge in [0.25, 0.3) is 0 Å². The van der Waals surface area contributed by atoms with E-state index in [0.717, 1.165) is 55.4 Å². The highest BCUT2D eigenvalue weighted by molar-refractivity contribution is 7.18. The van der Waals surface area contributed by atoms with E-state index in [2.05, 4.69) is 24.1 Å². The van der Waals surface area contributed by atoms with Crippen molar-refractivity contribution in [2.75, 3.05) is 31.1 Å². The van der Waals surface area contributed by atoms with Crippen LogP contribution in [0.3, 0.4) is 0 Å². The number of carbonyl (C=O) groups excluding carboxylic acids is 1. The summed E-state index contributed by atoms with van der Waals surface area (Å²) in [5.41, 5.74) is 7.03. The Hall–Kier alpha value is -1.15. The van der Waals surface area contributed by atoms with Crippen molar-refractivity contribution in [3.63, 3.8) is 0 Å². The van der Waals surface area contributed by atoms with E-state index < -0.39 is 0 Å². The molecule has 1 fully saturated rings. The van der Waals surface area contributed by atoms with Crippen molar-refractivity contribution in [1.29, 1.82) is 0 Å². The average Bonchev–Trinajstić information content (AvgIpc) is 2.89. The highest BCUT2D eigenvalue weighted by Crippen LogP contribution is 2.36. The minimum Gasteiger partial charge on any atom is -0.356 e. The summed E-state index contributed by atoms with van der Waals surface area (Å²) in [4.78, 5) is 25.5. The Labute approximate surface area is 183 Å². The van der Waals surface area contributed by atoms with Gasteiger partial charge in [0.05, 0.1) is 5.39 Å². The van der Waals surface area contributed by atoms with Crippen molar-refractivity contribution in [3.8, 4) is 0 Å². The van der Waals surface area contributed by atoms with E-state index in [1.807, 2.05) is 0 Å². The monoisotopic (exact) mass is 447 g/mol. The Bertz CT molecular complexity index is 790. The summed E-state index contributed by atoms with van der Waals surface area (Å²) in [5.74, 6) is 2.66. The van der Waals surface area contributed by atoms with Crippen LogP contribution in [0.5, 0.6) is 0 Å². The summed E-state index contributed by atoms with van der Waals surface area (Å²) in [7, 11) is 0. The van der Waals surface area contributed by atoms with E-state index in [4.69, 9.17) is 15.7 Å². The zero-order valence-electron chi connectivity index (χ0n) is 16.8. The molecule has 0 bridgehead atoms. The lowest BCUT2D eigenvalue weighted by molar-refractivity contribution is -0.119. The normalized spacial score (nSPS) is 14.5. The number of carbonyl (C=O) groups is 1. The molecule has 1 saturated heterocycles. The molecule has 3 heterocycles. The molecule has 1 amide bonds. The second-order valence-corrected chi connectivity index (χ2v) is 8.37. The van der Waals surface area contributed by atoms with Crippen LogP contribution in [-0.4, -0.2) is 42.1 Å². The van der Waals surface area contributed by atoms with E-state index >= 15 is 0 Å². The second-order valence-electron chi connectivity index (χ2n) is 7.17. The summed E-state index contributed by atoms with van der Waals surface area (Å²) in [5, 5.41) is 4.12. The van der Waals surface area contributed by atoms with Crippen LogP contribution in [0.25, 0.3) is 10.2 Å².